The molecule has 3 aromatic rings. The van der Waals surface area contributed by atoms with Crippen LogP contribution in [0.4, 0.5) is 0 Å². The highest BCUT2D eigenvalue weighted by molar-refractivity contribution is 5.79. The van der Waals surface area contributed by atoms with E-state index in [0.717, 1.165) is 16.5 Å². The maximum absolute atomic E-state index is 10.9. The van der Waals surface area contributed by atoms with E-state index >= 15 is 0 Å². The van der Waals surface area contributed by atoms with Gasteiger partial charge in [0.05, 0.1) is 17.1 Å². The van der Waals surface area contributed by atoms with Crippen molar-refractivity contribution in [1.82, 2.24) is 4.98 Å². The van der Waals surface area contributed by atoms with Gasteiger partial charge in [-0.3, -0.25) is 4.98 Å². The van der Waals surface area contributed by atoms with Gasteiger partial charge >= 0.3 is 0 Å². The van der Waals surface area contributed by atoms with Crippen molar-refractivity contribution in [1.29, 1.82) is 5.26 Å². The minimum atomic E-state index is -1.17. The second-order valence-electron chi connectivity index (χ2n) is 5.18. The lowest BCUT2D eigenvalue weighted by Crippen LogP contribution is -2.22. The number of benzene rings is 2. The van der Waals surface area contributed by atoms with Crippen molar-refractivity contribution in [3.8, 4) is 6.07 Å². The molecule has 3 heteroatoms. The van der Waals surface area contributed by atoms with Crippen molar-refractivity contribution in [2.45, 2.75) is 12.5 Å². The van der Waals surface area contributed by atoms with Gasteiger partial charge in [0, 0.05) is 11.6 Å². The van der Waals surface area contributed by atoms with Crippen LogP contribution in [-0.2, 0) is 5.60 Å². The Morgan fingerprint density at radius 2 is 1.86 bits per heavy atom. The van der Waals surface area contributed by atoms with Crippen LogP contribution in [-0.4, -0.2) is 10.1 Å². The highest BCUT2D eigenvalue weighted by atomic mass is 16.3. The van der Waals surface area contributed by atoms with Gasteiger partial charge in [0.15, 0.2) is 0 Å². The van der Waals surface area contributed by atoms with Gasteiger partial charge < -0.3 is 5.11 Å². The molecule has 0 amide bonds. The van der Waals surface area contributed by atoms with Crippen LogP contribution < -0.4 is 0 Å². The number of fused-ring (bicyclic) bond motifs is 1. The second kappa shape index (κ2) is 5.01. The van der Waals surface area contributed by atoms with Gasteiger partial charge in [-0.05, 0) is 42.3 Å². The molecule has 2 aromatic carbocycles. The number of aliphatic hydroxyl groups is 1. The van der Waals surface area contributed by atoms with E-state index in [1.165, 1.54) is 0 Å². The zero-order chi connectivity index (χ0) is 14.9. The van der Waals surface area contributed by atoms with Crippen LogP contribution in [0.15, 0.2) is 60.8 Å². The Morgan fingerprint density at radius 3 is 2.67 bits per heavy atom. The van der Waals surface area contributed by atoms with E-state index in [4.69, 9.17) is 5.26 Å². The van der Waals surface area contributed by atoms with E-state index in [0.29, 0.717) is 11.1 Å². The molecule has 0 aliphatic rings. The minimum absolute atomic E-state index is 0.534. The Morgan fingerprint density at radius 1 is 1.05 bits per heavy atom. The maximum atomic E-state index is 10.9. The molecular weight excluding hydrogens is 260 g/mol. The molecule has 0 bridgehead atoms. The Labute approximate surface area is 123 Å². The van der Waals surface area contributed by atoms with Crippen molar-refractivity contribution < 1.29 is 5.11 Å². The fourth-order valence-electron chi connectivity index (χ4n) is 2.43. The smallest absolute Gasteiger partial charge is 0.112 e. The number of nitriles is 1. The fourth-order valence-corrected chi connectivity index (χ4v) is 2.43. The SMILES string of the molecule is CC(O)(c1cccc(C#N)c1)c1ccc2cccnc2c1. The van der Waals surface area contributed by atoms with Crippen LogP contribution in [0.1, 0.15) is 23.6 Å². The standard InChI is InChI=1S/C18H14N2O/c1-18(21,15-6-2-4-13(10-15)12-19)16-8-7-14-5-3-9-20-17(14)11-16/h2-11,21H,1H3. The third-order valence-electron chi connectivity index (χ3n) is 3.72. The Kier molecular flexibility index (Phi) is 3.17. The van der Waals surface area contributed by atoms with E-state index in [2.05, 4.69) is 11.1 Å². The lowest BCUT2D eigenvalue weighted by atomic mass is 9.87. The topological polar surface area (TPSA) is 56.9 Å². The zero-order valence-electron chi connectivity index (χ0n) is 11.6. The number of hydrogen-bond acceptors (Lipinski definition) is 3. The lowest BCUT2D eigenvalue weighted by Gasteiger charge is -2.25. The molecule has 1 N–H and O–H groups in total. The molecule has 0 spiro atoms. The van der Waals surface area contributed by atoms with Crippen LogP contribution in [0.3, 0.4) is 0 Å². The molecule has 0 aliphatic heterocycles. The van der Waals surface area contributed by atoms with Gasteiger partial charge in [-0.15, -0.1) is 0 Å². The molecule has 0 radical (unpaired) electrons. The van der Waals surface area contributed by atoms with Gasteiger partial charge in [-0.1, -0.05) is 30.3 Å². The highest BCUT2D eigenvalue weighted by Gasteiger charge is 2.26. The van der Waals surface area contributed by atoms with E-state index in [1.807, 2.05) is 36.4 Å². The molecule has 0 aliphatic carbocycles. The van der Waals surface area contributed by atoms with Crippen molar-refractivity contribution in [2.24, 2.45) is 0 Å². The van der Waals surface area contributed by atoms with E-state index < -0.39 is 5.60 Å². The summed E-state index contributed by atoms with van der Waals surface area (Å²) in [5, 5.41) is 20.9. The summed E-state index contributed by atoms with van der Waals surface area (Å²) >= 11 is 0. The Hall–Kier alpha value is -2.70. The average Bonchev–Trinajstić information content (AvgIpc) is 2.54. The number of rotatable bonds is 2. The molecule has 1 unspecified atom stereocenters. The monoisotopic (exact) mass is 274 g/mol. The summed E-state index contributed by atoms with van der Waals surface area (Å²) in [6.07, 6.45) is 1.73. The van der Waals surface area contributed by atoms with Crippen LogP contribution >= 0.6 is 0 Å². The summed E-state index contributed by atoms with van der Waals surface area (Å²) in [6.45, 7) is 1.73. The number of nitrogens with zero attached hydrogens (tertiary/aromatic N) is 2. The molecule has 0 saturated heterocycles. The number of pyridine rings is 1. The quantitative estimate of drug-likeness (QED) is 0.779. The van der Waals surface area contributed by atoms with Crippen molar-refractivity contribution in [2.75, 3.05) is 0 Å². The number of aromatic nitrogens is 1. The second-order valence-corrected chi connectivity index (χ2v) is 5.18. The number of hydrogen-bond donors (Lipinski definition) is 1. The van der Waals surface area contributed by atoms with Gasteiger partial charge in [-0.2, -0.15) is 5.26 Å². The first-order valence-electron chi connectivity index (χ1n) is 6.69. The van der Waals surface area contributed by atoms with Crippen LogP contribution in [0.5, 0.6) is 0 Å². The van der Waals surface area contributed by atoms with E-state index in [-0.39, 0.29) is 0 Å². The molecule has 102 valence electrons. The summed E-state index contributed by atoms with van der Waals surface area (Å²) in [5.41, 5.74) is 1.65. The first kappa shape index (κ1) is 13.3. The molecule has 1 heterocycles. The molecule has 21 heavy (non-hydrogen) atoms. The summed E-state index contributed by atoms with van der Waals surface area (Å²) in [7, 11) is 0. The predicted octanol–water partition coefficient (Wildman–Crippen LogP) is 3.36. The summed E-state index contributed by atoms with van der Waals surface area (Å²) in [6, 6.07) is 18.7. The summed E-state index contributed by atoms with van der Waals surface area (Å²) < 4.78 is 0. The zero-order valence-corrected chi connectivity index (χ0v) is 11.6. The molecule has 1 aromatic heterocycles. The van der Waals surface area contributed by atoms with Crippen LogP contribution in [0.25, 0.3) is 10.9 Å². The van der Waals surface area contributed by atoms with Crippen molar-refractivity contribution >= 4 is 10.9 Å². The maximum Gasteiger partial charge on any atom is 0.112 e. The summed E-state index contributed by atoms with van der Waals surface area (Å²) in [4.78, 5) is 4.32. The normalized spacial score (nSPS) is 13.6. The van der Waals surface area contributed by atoms with Crippen molar-refractivity contribution in [3.63, 3.8) is 0 Å². The summed E-state index contributed by atoms with van der Waals surface area (Å²) in [5.74, 6) is 0. The molecule has 0 fully saturated rings. The van der Waals surface area contributed by atoms with E-state index in [9.17, 15) is 5.11 Å². The van der Waals surface area contributed by atoms with Crippen LogP contribution in [0, 0.1) is 11.3 Å². The Balaban J connectivity index is 2.12. The van der Waals surface area contributed by atoms with Gasteiger partial charge in [0.25, 0.3) is 0 Å². The minimum Gasteiger partial charge on any atom is -0.381 e. The third-order valence-corrected chi connectivity index (χ3v) is 3.72. The Bertz CT molecular complexity index is 847. The molecule has 1 atom stereocenters. The molecule has 0 saturated carbocycles. The van der Waals surface area contributed by atoms with Crippen LogP contribution in [0.2, 0.25) is 0 Å². The fraction of sp³-hybridized carbons (Fsp3) is 0.111. The first-order chi connectivity index (χ1) is 10.1. The molecule has 3 nitrogen and oxygen atoms in total. The van der Waals surface area contributed by atoms with Crippen molar-refractivity contribution in [3.05, 3.63) is 77.5 Å². The lowest BCUT2D eigenvalue weighted by molar-refractivity contribution is 0.102. The predicted molar refractivity (Wildman–Crippen MR) is 81.6 cm³/mol. The third kappa shape index (κ3) is 2.37. The first-order valence-corrected chi connectivity index (χ1v) is 6.69. The van der Waals surface area contributed by atoms with E-state index in [1.54, 1.807) is 31.3 Å². The molecule has 3 rings (SSSR count). The molecular formula is C18H14N2O. The van der Waals surface area contributed by atoms with Gasteiger partial charge in [-0.25, -0.2) is 0 Å². The van der Waals surface area contributed by atoms with Gasteiger partial charge in [0.1, 0.15) is 5.60 Å². The highest BCUT2D eigenvalue weighted by Crippen LogP contribution is 2.31. The largest absolute Gasteiger partial charge is 0.381 e. The van der Waals surface area contributed by atoms with Gasteiger partial charge in [0.2, 0.25) is 0 Å². The average molecular weight is 274 g/mol.